The van der Waals surface area contributed by atoms with Crippen LogP contribution < -0.4 is 15.0 Å². The summed E-state index contributed by atoms with van der Waals surface area (Å²) in [4.78, 5) is 31.2. The molecule has 2 aromatic heterocycles. The molecular weight excluding hydrogens is 422 g/mol. The molecular formula is C25H29N3O5. The molecule has 0 bridgehead atoms. The average molecular weight is 452 g/mol. The number of hydrogen-bond acceptors (Lipinski definition) is 5. The van der Waals surface area contributed by atoms with Gasteiger partial charge in [-0.3, -0.25) is 9.59 Å². The Bertz CT molecular complexity index is 1270. The van der Waals surface area contributed by atoms with Crippen molar-refractivity contribution < 1.29 is 19.0 Å². The Morgan fingerprint density at radius 3 is 2.52 bits per heavy atom. The zero-order valence-electron chi connectivity index (χ0n) is 19.4. The van der Waals surface area contributed by atoms with Crippen molar-refractivity contribution in [2.24, 2.45) is 0 Å². The van der Waals surface area contributed by atoms with Crippen molar-refractivity contribution in [2.45, 2.75) is 20.4 Å². The van der Waals surface area contributed by atoms with Crippen LogP contribution in [-0.4, -0.2) is 60.9 Å². The average Bonchev–Trinajstić information content (AvgIpc) is 3.25. The number of carbonyl (C=O) groups is 1. The number of carbonyl (C=O) groups excluding carboxylic acids is 1. The lowest BCUT2D eigenvalue weighted by Gasteiger charge is -2.27. The van der Waals surface area contributed by atoms with E-state index < -0.39 is 0 Å². The molecule has 0 unspecified atom stereocenters. The summed E-state index contributed by atoms with van der Waals surface area (Å²) in [6.45, 7) is 6.38. The Hall–Kier alpha value is -3.52. The Labute approximate surface area is 192 Å². The number of benzene rings is 1. The van der Waals surface area contributed by atoms with E-state index in [2.05, 4.69) is 4.98 Å². The quantitative estimate of drug-likeness (QED) is 0.581. The Kier molecular flexibility index (Phi) is 6.55. The fraction of sp³-hybridized carbons (Fsp3) is 0.360. The van der Waals surface area contributed by atoms with Gasteiger partial charge in [0.1, 0.15) is 17.0 Å². The van der Waals surface area contributed by atoms with Gasteiger partial charge < -0.3 is 28.7 Å². The van der Waals surface area contributed by atoms with Crippen molar-refractivity contribution >= 4 is 16.8 Å². The second kappa shape index (κ2) is 9.54. The van der Waals surface area contributed by atoms with Gasteiger partial charge >= 0.3 is 0 Å². The third-order valence-corrected chi connectivity index (χ3v) is 5.88. The number of ether oxygens (including phenoxy) is 3. The molecule has 1 aliphatic rings. The Morgan fingerprint density at radius 2 is 1.85 bits per heavy atom. The molecule has 0 saturated carbocycles. The van der Waals surface area contributed by atoms with E-state index in [9.17, 15) is 9.59 Å². The van der Waals surface area contributed by atoms with Crippen LogP contribution in [0.25, 0.3) is 22.0 Å². The molecule has 0 radical (unpaired) electrons. The van der Waals surface area contributed by atoms with Crippen molar-refractivity contribution in [1.82, 2.24) is 14.5 Å². The number of aryl methyl sites for hydroxylation is 1. The van der Waals surface area contributed by atoms with E-state index in [-0.39, 0.29) is 11.5 Å². The Balaban J connectivity index is 1.91. The summed E-state index contributed by atoms with van der Waals surface area (Å²) in [6.07, 6.45) is 5.67. The standard InChI is InChI=1S/C25H29N3O5/c1-5-6-7-28-15-20(18-12-16(2)26-23(18)25(28)30)17-13-22(32-4)19(14-21(17)31-3)24(29)27-8-10-33-11-9-27/h5-6,12-15,26H,7-11H2,1-4H3. The van der Waals surface area contributed by atoms with Crippen LogP contribution in [-0.2, 0) is 11.3 Å². The molecule has 8 heteroatoms. The minimum atomic E-state index is -0.124. The molecule has 33 heavy (non-hydrogen) atoms. The van der Waals surface area contributed by atoms with Gasteiger partial charge in [0.15, 0.2) is 0 Å². The molecule has 1 fully saturated rings. The Morgan fingerprint density at radius 1 is 1.12 bits per heavy atom. The van der Waals surface area contributed by atoms with Crippen LogP contribution in [0.15, 0.2) is 41.3 Å². The van der Waals surface area contributed by atoms with Crippen molar-refractivity contribution in [3.8, 4) is 22.6 Å². The van der Waals surface area contributed by atoms with E-state index in [1.165, 1.54) is 0 Å². The van der Waals surface area contributed by atoms with Gasteiger partial charge in [-0.05, 0) is 32.0 Å². The van der Waals surface area contributed by atoms with Gasteiger partial charge in [-0.2, -0.15) is 0 Å². The number of aromatic nitrogens is 2. The minimum Gasteiger partial charge on any atom is -0.496 e. The van der Waals surface area contributed by atoms with Crippen LogP contribution in [0, 0.1) is 6.92 Å². The van der Waals surface area contributed by atoms with E-state index in [0.29, 0.717) is 55.4 Å². The summed E-state index contributed by atoms with van der Waals surface area (Å²) in [6, 6.07) is 5.48. The first-order valence-electron chi connectivity index (χ1n) is 11.0. The van der Waals surface area contributed by atoms with Crippen LogP contribution in [0.2, 0.25) is 0 Å². The molecule has 4 rings (SSSR count). The summed E-state index contributed by atoms with van der Waals surface area (Å²) in [5.41, 5.74) is 3.32. The normalized spacial score (nSPS) is 14.2. The molecule has 3 aromatic rings. The molecule has 1 aliphatic heterocycles. The van der Waals surface area contributed by atoms with Crippen LogP contribution >= 0.6 is 0 Å². The lowest BCUT2D eigenvalue weighted by molar-refractivity contribution is 0.0300. The summed E-state index contributed by atoms with van der Waals surface area (Å²) < 4.78 is 18.4. The molecule has 1 saturated heterocycles. The number of H-pyrrole nitrogens is 1. The molecule has 0 atom stereocenters. The number of nitrogens with one attached hydrogen (secondary N) is 1. The lowest BCUT2D eigenvalue weighted by atomic mass is 9.99. The maximum atomic E-state index is 13.2. The maximum absolute atomic E-state index is 13.2. The van der Waals surface area contributed by atoms with Crippen LogP contribution in [0.5, 0.6) is 11.5 Å². The highest BCUT2D eigenvalue weighted by Crippen LogP contribution is 2.39. The number of pyridine rings is 1. The number of methoxy groups -OCH3 is 2. The lowest BCUT2D eigenvalue weighted by Crippen LogP contribution is -2.40. The van der Waals surface area contributed by atoms with E-state index in [1.807, 2.05) is 44.3 Å². The second-order valence-corrected chi connectivity index (χ2v) is 7.97. The van der Waals surface area contributed by atoms with Crippen LogP contribution in [0.1, 0.15) is 23.0 Å². The highest BCUT2D eigenvalue weighted by molar-refractivity contribution is 6.01. The van der Waals surface area contributed by atoms with Crippen LogP contribution in [0.3, 0.4) is 0 Å². The van der Waals surface area contributed by atoms with Crippen LogP contribution in [0.4, 0.5) is 0 Å². The van der Waals surface area contributed by atoms with E-state index >= 15 is 0 Å². The summed E-state index contributed by atoms with van der Waals surface area (Å²) in [7, 11) is 3.12. The summed E-state index contributed by atoms with van der Waals surface area (Å²) in [5, 5.41) is 0.793. The third-order valence-electron chi connectivity index (χ3n) is 5.88. The third kappa shape index (κ3) is 4.26. The van der Waals surface area contributed by atoms with E-state index in [0.717, 1.165) is 22.2 Å². The number of amides is 1. The topological polar surface area (TPSA) is 85.8 Å². The maximum Gasteiger partial charge on any atom is 0.275 e. The predicted molar refractivity (Wildman–Crippen MR) is 127 cm³/mol. The fourth-order valence-electron chi connectivity index (χ4n) is 4.18. The van der Waals surface area contributed by atoms with Gasteiger partial charge in [0, 0.05) is 48.0 Å². The number of aromatic amines is 1. The summed E-state index contributed by atoms with van der Waals surface area (Å²) >= 11 is 0. The molecule has 1 amide bonds. The van der Waals surface area contributed by atoms with Gasteiger partial charge in [-0.1, -0.05) is 12.2 Å². The fourth-order valence-corrected chi connectivity index (χ4v) is 4.18. The first-order valence-corrected chi connectivity index (χ1v) is 11.0. The monoisotopic (exact) mass is 451 g/mol. The molecule has 1 N–H and O–H groups in total. The number of morpholine rings is 1. The highest BCUT2D eigenvalue weighted by Gasteiger charge is 2.25. The summed E-state index contributed by atoms with van der Waals surface area (Å²) in [5.74, 6) is 0.860. The number of nitrogens with zero attached hydrogens (tertiary/aromatic N) is 2. The molecule has 0 spiro atoms. The van der Waals surface area contributed by atoms with Gasteiger partial charge in [0.05, 0.1) is 33.0 Å². The number of rotatable bonds is 6. The first kappa shape index (κ1) is 22.7. The minimum absolute atomic E-state index is 0.0926. The van der Waals surface area contributed by atoms with Gasteiger partial charge in [0.25, 0.3) is 11.5 Å². The number of fused-ring (bicyclic) bond motifs is 1. The van der Waals surface area contributed by atoms with E-state index in [4.69, 9.17) is 14.2 Å². The number of allylic oxidation sites excluding steroid dienone is 2. The van der Waals surface area contributed by atoms with Crippen molar-refractivity contribution in [1.29, 1.82) is 0 Å². The predicted octanol–water partition coefficient (Wildman–Crippen LogP) is 3.37. The van der Waals surface area contributed by atoms with E-state index in [1.54, 1.807) is 29.8 Å². The van der Waals surface area contributed by atoms with Crippen molar-refractivity contribution in [3.05, 3.63) is 58.2 Å². The van der Waals surface area contributed by atoms with Gasteiger partial charge in [0.2, 0.25) is 0 Å². The zero-order chi connectivity index (χ0) is 23.5. The van der Waals surface area contributed by atoms with Crippen molar-refractivity contribution in [3.63, 3.8) is 0 Å². The molecule has 3 heterocycles. The van der Waals surface area contributed by atoms with Crippen molar-refractivity contribution in [2.75, 3.05) is 40.5 Å². The largest absolute Gasteiger partial charge is 0.496 e. The zero-order valence-corrected chi connectivity index (χ0v) is 19.4. The molecule has 1 aromatic carbocycles. The highest BCUT2D eigenvalue weighted by atomic mass is 16.5. The molecule has 0 aliphatic carbocycles. The SMILES string of the molecule is CC=CCn1cc(-c2cc(OC)c(C(=O)N3CCOCC3)cc2OC)c2cc(C)[nH]c2c1=O. The van der Waals surface area contributed by atoms with Gasteiger partial charge in [-0.25, -0.2) is 0 Å². The number of hydrogen-bond donors (Lipinski definition) is 1. The smallest absolute Gasteiger partial charge is 0.275 e. The molecule has 8 nitrogen and oxygen atoms in total. The molecule has 174 valence electrons. The van der Waals surface area contributed by atoms with Gasteiger partial charge in [-0.15, -0.1) is 0 Å². The second-order valence-electron chi connectivity index (χ2n) is 7.97. The first-order chi connectivity index (χ1) is 16.0.